The van der Waals surface area contributed by atoms with E-state index in [0.29, 0.717) is 0 Å². The maximum Gasteiger partial charge on any atom is 0.321 e. The van der Waals surface area contributed by atoms with Gasteiger partial charge in [-0.2, -0.15) is 4.91 Å². The smallest absolute Gasteiger partial charge is 0.321 e. The second kappa shape index (κ2) is 5.06. The molecule has 3 N–H and O–H groups in total. The van der Waals surface area contributed by atoms with E-state index in [4.69, 9.17) is 10.8 Å². The van der Waals surface area contributed by atoms with Crippen LogP contribution in [0, 0.1) is 4.91 Å². The highest BCUT2D eigenvalue weighted by Gasteiger charge is 2.34. The van der Waals surface area contributed by atoms with E-state index in [2.05, 4.69) is 5.18 Å². The summed E-state index contributed by atoms with van der Waals surface area (Å²) < 4.78 is -0.951. The average molecular weight is 220 g/mol. The van der Waals surface area contributed by atoms with Crippen molar-refractivity contribution in [2.75, 3.05) is 6.54 Å². The fourth-order valence-electron chi connectivity index (χ4n) is 0.739. The maximum atomic E-state index is 11.0. The zero-order valence-electron chi connectivity index (χ0n) is 7.89. The van der Waals surface area contributed by atoms with Crippen LogP contribution in [0.15, 0.2) is 5.18 Å². The number of nitroso groups, excluding NO2 is 1. The minimum Gasteiger partial charge on any atom is -0.480 e. The lowest BCUT2D eigenvalue weighted by Gasteiger charge is -2.26. The maximum absolute atomic E-state index is 11.0. The Morgan fingerprint density at radius 1 is 1.57 bits per heavy atom. The quantitative estimate of drug-likeness (QED) is 0.640. The van der Waals surface area contributed by atoms with E-state index < -0.39 is 28.4 Å². The largest absolute Gasteiger partial charge is 0.480 e. The molecule has 14 heavy (non-hydrogen) atoms. The van der Waals surface area contributed by atoms with Gasteiger partial charge in [0.25, 0.3) is 0 Å². The summed E-state index contributed by atoms with van der Waals surface area (Å²) in [6.07, 6.45) is 0. The molecule has 0 aromatic heterocycles. The van der Waals surface area contributed by atoms with Crippen molar-refractivity contribution in [1.82, 2.24) is 0 Å². The lowest BCUT2D eigenvalue weighted by atomic mass is 10.1. The van der Waals surface area contributed by atoms with Gasteiger partial charge >= 0.3 is 5.97 Å². The first-order chi connectivity index (χ1) is 6.31. The van der Waals surface area contributed by atoms with E-state index in [1.165, 1.54) is 13.8 Å². The van der Waals surface area contributed by atoms with Crippen LogP contribution in [0.2, 0.25) is 0 Å². The Kier molecular flexibility index (Phi) is 4.72. The molecule has 0 aliphatic carbocycles. The van der Waals surface area contributed by atoms with Crippen LogP contribution in [0.25, 0.3) is 0 Å². The molecule has 1 unspecified atom stereocenters. The fourth-order valence-corrected chi connectivity index (χ4v) is 1.67. The Labute approximate surface area is 85.2 Å². The predicted molar refractivity (Wildman–Crippen MR) is 53.0 cm³/mol. The average Bonchev–Trinajstić information content (AvgIpc) is 2.02. The third kappa shape index (κ3) is 3.84. The number of nitrogens with two attached hydrogens (primary N) is 1. The molecule has 0 amide bonds. The minimum absolute atomic E-state index is 0.472. The SMILES string of the molecule is CC(C)(SC(=O)CN=O)C(N)C(=O)O. The summed E-state index contributed by atoms with van der Waals surface area (Å²) in [5.41, 5.74) is 5.36. The zero-order chi connectivity index (χ0) is 11.4. The van der Waals surface area contributed by atoms with Crippen LogP contribution in [0.1, 0.15) is 13.8 Å². The number of carbonyl (C=O) groups excluding carboxylic acids is 1. The van der Waals surface area contributed by atoms with Crippen molar-refractivity contribution in [2.24, 2.45) is 10.9 Å². The molecule has 80 valence electrons. The van der Waals surface area contributed by atoms with Crippen LogP contribution < -0.4 is 5.73 Å². The summed E-state index contributed by atoms with van der Waals surface area (Å²) in [6.45, 7) is 2.58. The highest BCUT2D eigenvalue weighted by molar-refractivity contribution is 8.14. The van der Waals surface area contributed by atoms with Gasteiger partial charge in [-0.3, -0.25) is 9.59 Å². The molecule has 0 heterocycles. The number of nitrogens with zero attached hydrogens (tertiary/aromatic N) is 1. The Bertz CT molecular complexity index is 254. The van der Waals surface area contributed by atoms with Gasteiger partial charge < -0.3 is 10.8 Å². The molecular formula is C7H12N2O4S. The summed E-state index contributed by atoms with van der Waals surface area (Å²) >= 11 is 0.724. The molecule has 0 rings (SSSR count). The van der Waals surface area contributed by atoms with Gasteiger partial charge in [0.1, 0.15) is 12.6 Å². The van der Waals surface area contributed by atoms with Crippen LogP contribution in [0.5, 0.6) is 0 Å². The summed E-state index contributed by atoms with van der Waals surface area (Å²) in [4.78, 5) is 31.3. The van der Waals surface area contributed by atoms with Crippen LogP contribution in [-0.4, -0.2) is 33.5 Å². The van der Waals surface area contributed by atoms with Crippen LogP contribution in [-0.2, 0) is 9.59 Å². The number of hydrogen-bond donors (Lipinski definition) is 2. The van der Waals surface area contributed by atoms with Crippen molar-refractivity contribution in [3.63, 3.8) is 0 Å². The van der Waals surface area contributed by atoms with E-state index in [1.807, 2.05) is 0 Å². The molecule has 0 fully saturated rings. The third-order valence-electron chi connectivity index (χ3n) is 1.59. The van der Waals surface area contributed by atoms with Gasteiger partial charge in [-0.15, -0.1) is 0 Å². The first-order valence-electron chi connectivity index (χ1n) is 3.80. The lowest BCUT2D eigenvalue weighted by molar-refractivity contribution is -0.139. The van der Waals surface area contributed by atoms with Gasteiger partial charge in [-0.25, -0.2) is 0 Å². The molecule has 0 aromatic rings. The summed E-state index contributed by atoms with van der Waals surface area (Å²) in [7, 11) is 0. The molecule has 0 radical (unpaired) electrons. The second-order valence-corrected chi connectivity index (χ2v) is 4.89. The van der Waals surface area contributed by atoms with Gasteiger partial charge in [0.2, 0.25) is 5.12 Å². The molecule has 1 atom stereocenters. The monoisotopic (exact) mass is 220 g/mol. The lowest BCUT2D eigenvalue weighted by Crippen LogP contribution is -2.47. The van der Waals surface area contributed by atoms with Crippen molar-refractivity contribution in [1.29, 1.82) is 0 Å². The number of hydrogen-bond acceptors (Lipinski definition) is 6. The van der Waals surface area contributed by atoms with E-state index >= 15 is 0 Å². The number of thioether (sulfide) groups is 1. The topological polar surface area (TPSA) is 110 Å². The normalized spacial score (nSPS) is 13.4. The van der Waals surface area contributed by atoms with Crippen LogP contribution >= 0.6 is 11.8 Å². The molecule has 6 nitrogen and oxygen atoms in total. The van der Waals surface area contributed by atoms with Crippen molar-refractivity contribution in [3.8, 4) is 0 Å². The molecule has 0 spiro atoms. The first-order valence-corrected chi connectivity index (χ1v) is 4.62. The zero-order valence-corrected chi connectivity index (χ0v) is 8.71. The standard InChI is InChI=1S/C7H12N2O4S/c1-7(2,5(8)6(11)12)14-4(10)3-9-13/h5H,3,8H2,1-2H3,(H,11,12). The van der Waals surface area contributed by atoms with Gasteiger partial charge in [-0.05, 0) is 13.8 Å². The van der Waals surface area contributed by atoms with Crippen molar-refractivity contribution in [2.45, 2.75) is 24.6 Å². The second-order valence-electron chi connectivity index (χ2n) is 3.18. The number of carboxylic acid groups (broad SMARTS) is 1. The van der Waals surface area contributed by atoms with Gasteiger partial charge in [0.15, 0.2) is 0 Å². The predicted octanol–water partition coefficient (Wildman–Crippen LogP) is 0.203. The van der Waals surface area contributed by atoms with Crippen molar-refractivity contribution in [3.05, 3.63) is 4.91 Å². The number of carboxylic acids is 1. The van der Waals surface area contributed by atoms with Crippen LogP contribution in [0.4, 0.5) is 0 Å². The highest BCUT2D eigenvalue weighted by atomic mass is 32.2. The Morgan fingerprint density at radius 3 is 2.43 bits per heavy atom. The van der Waals surface area contributed by atoms with E-state index in [-0.39, 0.29) is 0 Å². The molecule has 0 saturated heterocycles. The molecule has 0 aliphatic rings. The Balaban J connectivity index is 4.39. The Hall–Kier alpha value is -0.950. The minimum atomic E-state index is -1.19. The summed E-state index contributed by atoms with van der Waals surface area (Å²) in [6, 6.07) is -1.16. The van der Waals surface area contributed by atoms with Gasteiger partial charge in [0.05, 0.1) is 0 Å². The molecule has 0 aromatic carbocycles. The molecule has 0 saturated carbocycles. The Morgan fingerprint density at radius 2 is 2.07 bits per heavy atom. The highest BCUT2D eigenvalue weighted by Crippen LogP contribution is 2.28. The number of aliphatic carboxylic acids is 1. The van der Waals surface area contributed by atoms with E-state index in [0.717, 1.165) is 11.8 Å². The van der Waals surface area contributed by atoms with Crippen molar-refractivity contribution < 1.29 is 14.7 Å². The van der Waals surface area contributed by atoms with E-state index in [9.17, 15) is 14.5 Å². The fraction of sp³-hybridized carbons (Fsp3) is 0.714. The molecule has 7 heteroatoms. The number of carbonyl (C=O) groups is 2. The third-order valence-corrected chi connectivity index (χ3v) is 2.72. The molecule has 0 aliphatic heterocycles. The van der Waals surface area contributed by atoms with Crippen molar-refractivity contribution >= 4 is 22.8 Å². The summed E-state index contributed by atoms with van der Waals surface area (Å²) in [5.74, 6) is -1.19. The van der Waals surface area contributed by atoms with Gasteiger partial charge in [0, 0.05) is 4.75 Å². The summed E-state index contributed by atoms with van der Waals surface area (Å²) in [5, 5.41) is 10.6. The molecule has 0 bridgehead atoms. The van der Waals surface area contributed by atoms with Gasteiger partial charge in [-0.1, -0.05) is 16.9 Å². The first kappa shape index (κ1) is 13.1. The van der Waals surface area contributed by atoms with E-state index in [1.54, 1.807) is 0 Å². The molecular weight excluding hydrogens is 208 g/mol. The van der Waals surface area contributed by atoms with Crippen LogP contribution in [0.3, 0.4) is 0 Å². The number of rotatable bonds is 5.